The molecule has 0 saturated heterocycles. The number of amides is 1. The van der Waals surface area contributed by atoms with Crippen LogP contribution in [0.4, 0.5) is 0 Å². The summed E-state index contributed by atoms with van der Waals surface area (Å²) in [6.45, 7) is 5.56. The predicted octanol–water partition coefficient (Wildman–Crippen LogP) is 4.36. The molecule has 7 heteroatoms. The number of methoxy groups -OCH3 is 1. The van der Waals surface area contributed by atoms with E-state index in [1.165, 1.54) is 7.11 Å². The van der Waals surface area contributed by atoms with Gasteiger partial charge in [-0.05, 0) is 56.7 Å². The molecule has 1 N–H and O–H groups in total. The summed E-state index contributed by atoms with van der Waals surface area (Å²) in [6.07, 6.45) is 1.70. The second-order valence-corrected chi connectivity index (χ2v) is 7.08. The molecule has 140 valence electrons. The van der Waals surface area contributed by atoms with Crippen LogP contribution >= 0.6 is 23.2 Å². The average molecular weight is 405 g/mol. The Bertz CT molecular complexity index is 1030. The Hall–Kier alpha value is -2.50. The van der Waals surface area contributed by atoms with Gasteiger partial charge in [0.05, 0.1) is 28.3 Å². The third-order valence-electron chi connectivity index (χ3n) is 4.51. The summed E-state index contributed by atoms with van der Waals surface area (Å²) in [4.78, 5) is 24.4. The average Bonchev–Trinajstić information content (AvgIpc) is 3.05. The Kier molecular flexibility index (Phi) is 5.18. The number of esters is 1. The number of hydrogen-bond acceptors (Lipinski definition) is 3. The minimum absolute atomic E-state index is 0.252. The molecule has 27 heavy (non-hydrogen) atoms. The van der Waals surface area contributed by atoms with E-state index in [0.717, 1.165) is 22.6 Å². The van der Waals surface area contributed by atoms with Crippen LogP contribution in [-0.2, 0) is 14.3 Å². The number of nitrogens with one attached hydrogen (secondary N) is 1. The van der Waals surface area contributed by atoms with Crippen molar-refractivity contribution in [2.45, 2.75) is 20.8 Å². The van der Waals surface area contributed by atoms with Gasteiger partial charge in [0.15, 0.2) is 0 Å². The Labute approximate surface area is 167 Å². The zero-order valence-electron chi connectivity index (χ0n) is 15.3. The molecular weight excluding hydrogens is 387 g/mol. The zero-order chi connectivity index (χ0) is 19.9. The van der Waals surface area contributed by atoms with E-state index in [1.807, 2.05) is 30.5 Å². The molecule has 1 aliphatic rings. The molecular formula is C20H18Cl2N2O3. The first-order valence-corrected chi connectivity index (χ1v) is 8.97. The molecule has 0 saturated carbocycles. The van der Waals surface area contributed by atoms with Crippen LogP contribution in [0.3, 0.4) is 0 Å². The molecule has 5 nitrogen and oxygen atoms in total. The summed E-state index contributed by atoms with van der Waals surface area (Å²) in [5, 5.41) is 3.62. The Morgan fingerprint density at radius 1 is 1.15 bits per heavy atom. The Morgan fingerprint density at radius 3 is 2.48 bits per heavy atom. The molecule has 0 radical (unpaired) electrons. The van der Waals surface area contributed by atoms with Gasteiger partial charge in [-0.3, -0.25) is 4.79 Å². The number of benzene rings is 1. The van der Waals surface area contributed by atoms with Gasteiger partial charge in [-0.2, -0.15) is 0 Å². The lowest BCUT2D eigenvalue weighted by Crippen LogP contribution is -2.15. The highest BCUT2D eigenvalue weighted by Gasteiger charge is 2.31. The monoisotopic (exact) mass is 404 g/mol. The molecule has 1 aromatic heterocycles. The second kappa shape index (κ2) is 7.25. The van der Waals surface area contributed by atoms with Crippen molar-refractivity contribution in [2.75, 3.05) is 7.11 Å². The molecule has 2 aromatic rings. The maximum Gasteiger partial charge on any atom is 0.340 e. The van der Waals surface area contributed by atoms with E-state index >= 15 is 0 Å². The third kappa shape index (κ3) is 3.40. The minimum Gasteiger partial charge on any atom is -0.465 e. The van der Waals surface area contributed by atoms with Crippen molar-refractivity contribution in [1.29, 1.82) is 0 Å². The van der Waals surface area contributed by atoms with E-state index in [9.17, 15) is 9.59 Å². The summed E-state index contributed by atoms with van der Waals surface area (Å²) < 4.78 is 6.82. The molecule has 0 fully saturated rings. The van der Waals surface area contributed by atoms with Crippen LogP contribution in [0.2, 0.25) is 10.0 Å². The number of carbonyl (C=O) groups excluding carboxylic acids is 2. The quantitative estimate of drug-likeness (QED) is 0.610. The minimum atomic E-state index is -0.546. The number of hydrogen-bond donors (Lipinski definition) is 1. The highest BCUT2D eigenvalue weighted by molar-refractivity contribution is 6.42. The molecule has 3 rings (SSSR count). The van der Waals surface area contributed by atoms with Crippen LogP contribution in [0.25, 0.3) is 11.8 Å². The molecule has 0 bridgehead atoms. The van der Waals surface area contributed by atoms with Gasteiger partial charge in [0.1, 0.15) is 0 Å². The SMILES string of the molecule is COC(=O)C1=C(C)NC(=O)/C1=C/c1cc(C)n(-c2ccc(Cl)c(Cl)c2)c1C. The smallest absolute Gasteiger partial charge is 0.340 e. The van der Waals surface area contributed by atoms with Crippen molar-refractivity contribution in [2.24, 2.45) is 0 Å². The molecule has 1 aromatic carbocycles. The van der Waals surface area contributed by atoms with Gasteiger partial charge in [0.25, 0.3) is 5.91 Å². The maximum absolute atomic E-state index is 12.3. The van der Waals surface area contributed by atoms with Crippen molar-refractivity contribution in [3.05, 3.63) is 68.1 Å². The van der Waals surface area contributed by atoms with E-state index in [1.54, 1.807) is 25.1 Å². The van der Waals surface area contributed by atoms with Crippen LogP contribution < -0.4 is 5.32 Å². The van der Waals surface area contributed by atoms with Crippen LogP contribution in [0, 0.1) is 13.8 Å². The summed E-state index contributed by atoms with van der Waals surface area (Å²) in [6, 6.07) is 7.34. The van der Waals surface area contributed by atoms with Gasteiger partial charge < -0.3 is 14.6 Å². The molecule has 1 aliphatic heterocycles. The second-order valence-electron chi connectivity index (χ2n) is 6.26. The fourth-order valence-corrected chi connectivity index (χ4v) is 3.52. The number of ether oxygens (including phenoxy) is 1. The predicted molar refractivity (Wildman–Crippen MR) is 106 cm³/mol. The first kappa shape index (κ1) is 19.3. The summed E-state index contributed by atoms with van der Waals surface area (Å²) in [5.74, 6) is -0.873. The lowest BCUT2D eigenvalue weighted by molar-refractivity contribution is -0.136. The number of allylic oxidation sites excluding steroid dienone is 1. The van der Waals surface area contributed by atoms with Gasteiger partial charge in [-0.25, -0.2) is 4.79 Å². The molecule has 0 unspecified atom stereocenters. The van der Waals surface area contributed by atoms with Crippen LogP contribution in [0.5, 0.6) is 0 Å². The Morgan fingerprint density at radius 2 is 1.85 bits per heavy atom. The summed E-state index contributed by atoms with van der Waals surface area (Å²) in [7, 11) is 1.29. The normalized spacial score (nSPS) is 15.5. The maximum atomic E-state index is 12.3. The molecule has 1 amide bonds. The largest absolute Gasteiger partial charge is 0.465 e. The fraction of sp³-hybridized carbons (Fsp3) is 0.200. The molecule has 0 atom stereocenters. The zero-order valence-corrected chi connectivity index (χ0v) is 16.8. The third-order valence-corrected chi connectivity index (χ3v) is 5.25. The first-order chi connectivity index (χ1) is 12.7. The van der Waals surface area contributed by atoms with E-state index in [4.69, 9.17) is 27.9 Å². The van der Waals surface area contributed by atoms with Gasteiger partial charge in [-0.1, -0.05) is 23.2 Å². The van der Waals surface area contributed by atoms with Gasteiger partial charge in [-0.15, -0.1) is 0 Å². The molecule has 0 aliphatic carbocycles. The van der Waals surface area contributed by atoms with Crippen LogP contribution in [0.1, 0.15) is 23.9 Å². The van der Waals surface area contributed by atoms with Gasteiger partial charge in [0.2, 0.25) is 0 Å². The van der Waals surface area contributed by atoms with E-state index in [-0.39, 0.29) is 17.1 Å². The highest BCUT2D eigenvalue weighted by Crippen LogP contribution is 2.30. The van der Waals surface area contributed by atoms with Crippen molar-refractivity contribution >= 4 is 41.2 Å². The van der Waals surface area contributed by atoms with Crippen LogP contribution in [0.15, 0.2) is 41.1 Å². The topological polar surface area (TPSA) is 60.3 Å². The van der Waals surface area contributed by atoms with E-state index in [0.29, 0.717) is 15.7 Å². The number of halogens is 2. The summed E-state index contributed by atoms with van der Waals surface area (Å²) in [5.41, 5.74) is 4.56. The number of rotatable bonds is 3. The molecule has 0 spiro atoms. The van der Waals surface area contributed by atoms with E-state index < -0.39 is 5.97 Å². The Balaban J connectivity index is 2.11. The highest BCUT2D eigenvalue weighted by atomic mass is 35.5. The van der Waals surface area contributed by atoms with Crippen molar-refractivity contribution in [1.82, 2.24) is 9.88 Å². The van der Waals surface area contributed by atoms with Crippen molar-refractivity contribution < 1.29 is 14.3 Å². The van der Waals surface area contributed by atoms with E-state index in [2.05, 4.69) is 5.32 Å². The van der Waals surface area contributed by atoms with Gasteiger partial charge >= 0.3 is 5.97 Å². The number of nitrogens with zero attached hydrogens (tertiary/aromatic N) is 1. The number of aryl methyl sites for hydroxylation is 1. The number of carbonyl (C=O) groups is 2. The summed E-state index contributed by atoms with van der Waals surface area (Å²) >= 11 is 12.2. The van der Waals surface area contributed by atoms with Crippen LogP contribution in [-0.4, -0.2) is 23.6 Å². The standard InChI is InChI=1S/C20H18Cl2N2O3/c1-10-7-13(8-15-18(20(26)27-4)11(2)23-19(15)25)12(3)24(10)14-5-6-16(21)17(22)9-14/h5-9H,1-4H3,(H,23,25)/b15-8+. The molecule has 2 heterocycles. The lowest BCUT2D eigenvalue weighted by Gasteiger charge is -2.11. The fourth-order valence-electron chi connectivity index (χ4n) is 3.23. The van der Waals surface area contributed by atoms with Crippen molar-refractivity contribution in [3.8, 4) is 5.69 Å². The van der Waals surface area contributed by atoms with Gasteiger partial charge in [0, 0.05) is 22.8 Å². The first-order valence-electron chi connectivity index (χ1n) is 8.21. The lowest BCUT2D eigenvalue weighted by atomic mass is 10.0. The number of aromatic nitrogens is 1. The van der Waals surface area contributed by atoms with Crippen molar-refractivity contribution in [3.63, 3.8) is 0 Å².